The number of amides is 1. The monoisotopic (exact) mass is 248 g/mol. The van der Waals surface area contributed by atoms with Crippen LogP contribution in [0.1, 0.15) is 39.5 Å². The van der Waals surface area contributed by atoms with Gasteiger partial charge in [-0.05, 0) is 25.5 Å². The minimum absolute atomic E-state index is 0.0582. The van der Waals surface area contributed by atoms with Crippen LogP contribution in [-0.4, -0.2) is 18.5 Å². The molecule has 1 rings (SSSR count). The van der Waals surface area contributed by atoms with E-state index in [1.54, 1.807) is 0 Å². The molecule has 0 bridgehead atoms. The molecule has 0 aliphatic rings. The molecule has 0 saturated heterocycles. The van der Waals surface area contributed by atoms with Crippen molar-refractivity contribution in [3.05, 3.63) is 30.3 Å². The highest BCUT2D eigenvalue weighted by Crippen LogP contribution is 2.05. The first-order chi connectivity index (χ1) is 8.72. The van der Waals surface area contributed by atoms with Crippen LogP contribution in [0.25, 0.3) is 0 Å². The Kier molecular flexibility index (Phi) is 6.92. The van der Waals surface area contributed by atoms with Crippen LogP contribution in [0.15, 0.2) is 30.3 Å². The Morgan fingerprint density at radius 1 is 1.22 bits per heavy atom. The lowest BCUT2D eigenvalue weighted by Crippen LogP contribution is -2.36. The van der Waals surface area contributed by atoms with Gasteiger partial charge in [-0.3, -0.25) is 4.79 Å². The molecule has 18 heavy (non-hydrogen) atoms. The molecule has 0 aliphatic carbocycles. The maximum absolute atomic E-state index is 11.7. The molecule has 100 valence electrons. The molecule has 0 spiro atoms. The number of benzene rings is 1. The highest BCUT2D eigenvalue weighted by Gasteiger charge is 2.06. The molecular weight excluding hydrogens is 224 g/mol. The number of hydrogen-bond acceptors (Lipinski definition) is 2. The lowest BCUT2D eigenvalue weighted by atomic mass is 10.1. The standard InChI is InChI=1S/C15H24N2O/c1-3-4-6-9-13(2)17-15(18)12-16-14-10-7-5-8-11-14/h5,7-8,10-11,13,16H,3-4,6,9,12H2,1-2H3,(H,17,18). The molecule has 1 amide bonds. The van der Waals surface area contributed by atoms with E-state index in [9.17, 15) is 4.79 Å². The molecule has 0 radical (unpaired) electrons. The summed E-state index contributed by atoms with van der Waals surface area (Å²) < 4.78 is 0. The van der Waals surface area contributed by atoms with Gasteiger partial charge < -0.3 is 10.6 Å². The van der Waals surface area contributed by atoms with Crippen molar-refractivity contribution in [3.63, 3.8) is 0 Å². The molecule has 2 N–H and O–H groups in total. The lowest BCUT2D eigenvalue weighted by molar-refractivity contribution is -0.120. The van der Waals surface area contributed by atoms with Gasteiger partial charge in [0, 0.05) is 11.7 Å². The number of rotatable bonds is 8. The fourth-order valence-electron chi connectivity index (χ4n) is 1.84. The van der Waals surface area contributed by atoms with Crippen LogP contribution in [-0.2, 0) is 4.79 Å². The third-order valence-electron chi connectivity index (χ3n) is 2.87. The third-order valence-corrected chi connectivity index (χ3v) is 2.87. The van der Waals surface area contributed by atoms with Gasteiger partial charge in [-0.2, -0.15) is 0 Å². The predicted octanol–water partition coefficient (Wildman–Crippen LogP) is 3.18. The number of para-hydroxylation sites is 1. The van der Waals surface area contributed by atoms with Crippen molar-refractivity contribution >= 4 is 11.6 Å². The minimum Gasteiger partial charge on any atom is -0.376 e. The summed E-state index contributed by atoms with van der Waals surface area (Å²) in [6.07, 6.45) is 4.70. The van der Waals surface area contributed by atoms with Crippen LogP contribution in [0.2, 0.25) is 0 Å². The summed E-state index contributed by atoms with van der Waals surface area (Å²) in [5.41, 5.74) is 0.978. The van der Waals surface area contributed by atoms with Crippen LogP contribution in [0, 0.1) is 0 Å². The zero-order chi connectivity index (χ0) is 13.2. The molecule has 1 aromatic carbocycles. The van der Waals surface area contributed by atoms with Gasteiger partial charge in [0.1, 0.15) is 0 Å². The summed E-state index contributed by atoms with van der Waals surface area (Å²) >= 11 is 0. The topological polar surface area (TPSA) is 41.1 Å². The summed E-state index contributed by atoms with van der Waals surface area (Å²) in [5.74, 6) is 0.0582. The largest absolute Gasteiger partial charge is 0.376 e. The summed E-state index contributed by atoms with van der Waals surface area (Å²) in [4.78, 5) is 11.7. The Bertz CT molecular complexity index is 338. The van der Waals surface area contributed by atoms with Crippen molar-refractivity contribution in [2.24, 2.45) is 0 Å². The summed E-state index contributed by atoms with van der Waals surface area (Å²) in [6, 6.07) is 10.0. The van der Waals surface area contributed by atoms with Gasteiger partial charge in [-0.25, -0.2) is 0 Å². The molecule has 0 fully saturated rings. The number of carbonyl (C=O) groups excluding carboxylic acids is 1. The van der Waals surface area contributed by atoms with Gasteiger partial charge in [0.2, 0.25) is 5.91 Å². The first kappa shape index (κ1) is 14.6. The second-order valence-corrected chi connectivity index (χ2v) is 4.68. The Balaban J connectivity index is 2.17. The molecule has 3 heteroatoms. The van der Waals surface area contributed by atoms with E-state index in [0.29, 0.717) is 6.54 Å². The highest BCUT2D eigenvalue weighted by molar-refractivity contribution is 5.80. The molecular formula is C15H24N2O. The van der Waals surface area contributed by atoms with E-state index < -0.39 is 0 Å². The van der Waals surface area contributed by atoms with E-state index in [4.69, 9.17) is 0 Å². The smallest absolute Gasteiger partial charge is 0.239 e. The average Bonchev–Trinajstić information content (AvgIpc) is 2.38. The summed E-state index contributed by atoms with van der Waals surface area (Å²) in [6.45, 7) is 4.59. The number of hydrogen-bond donors (Lipinski definition) is 2. The third kappa shape index (κ3) is 6.28. The van der Waals surface area contributed by atoms with Crippen LogP contribution in [0.4, 0.5) is 5.69 Å². The minimum atomic E-state index is 0.0582. The zero-order valence-corrected chi connectivity index (χ0v) is 11.4. The van der Waals surface area contributed by atoms with E-state index >= 15 is 0 Å². The maximum atomic E-state index is 11.7. The van der Waals surface area contributed by atoms with Crippen molar-refractivity contribution in [1.82, 2.24) is 5.32 Å². The number of carbonyl (C=O) groups is 1. The summed E-state index contributed by atoms with van der Waals surface area (Å²) in [7, 11) is 0. The second-order valence-electron chi connectivity index (χ2n) is 4.68. The normalized spacial score (nSPS) is 11.9. The molecule has 0 saturated carbocycles. The van der Waals surface area contributed by atoms with Crippen molar-refractivity contribution in [2.75, 3.05) is 11.9 Å². The fraction of sp³-hybridized carbons (Fsp3) is 0.533. The van der Waals surface area contributed by atoms with E-state index in [1.807, 2.05) is 30.3 Å². The van der Waals surface area contributed by atoms with Crippen LogP contribution < -0.4 is 10.6 Å². The summed E-state index contributed by atoms with van der Waals surface area (Å²) in [5, 5.41) is 6.11. The molecule has 1 unspecified atom stereocenters. The van der Waals surface area contributed by atoms with Crippen molar-refractivity contribution in [2.45, 2.75) is 45.6 Å². The average molecular weight is 248 g/mol. The first-order valence-corrected chi connectivity index (χ1v) is 6.80. The van der Waals surface area contributed by atoms with Crippen LogP contribution in [0.3, 0.4) is 0 Å². The van der Waals surface area contributed by atoms with Gasteiger partial charge in [0.25, 0.3) is 0 Å². The number of anilines is 1. The number of nitrogens with one attached hydrogen (secondary N) is 2. The molecule has 3 nitrogen and oxygen atoms in total. The van der Waals surface area contributed by atoms with E-state index in [1.165, 1.54) is 19.3 Å². The lowest BCUT2D eigenvalue weighted by Gasteiger charge is -2.14. The molecule has 0 aromatic heterocycles. The van der Waals surface area contributed by atoms with E-state index in [2.05, 4.69) is 24.5 Å². The van der Waals surface area contributed by atoms with E-state index in [0.717, 1.165) is 12.1 Å². The van der Waals surface area contributed by atoms with Gasteiger partial charge in [-0.1, -0.05) is 44.4 Å². The van der Waals surface area contributed by atoms with Gasteiger partial charge in [0.05, 0.1) is 6.54 Å². The quantitative estimate of drug-likeness (QED) is 0.694. The molecule has 1 aromatic rings. The Labute approximate surface area is 110 Å². The Morgan fingerprint density at radius 2 is 1.94 bits per heavy atom. The van der Waals surface area contributed by atoms with Crippen molar-refractivity contribution < 1.29 is 4.79 Å². The van der Waals surface area contributed by atoms with E-state index in [-0.39, 0.29) is 11.9 Å². The van der Waals surface area contributed by atoms with Crippen molar-refractivity contribution in [1.29, 1.82) is 0 Å². The number of unbranched alkanes of at least 4 members (excludes halogenated alkanes) is 2. The first-order valence-electron chi connectivity index (χ1n) is 6.80. The van der Waals surface area contributed by atoms with Crippen LogP contribution in [0.5, 0.6) is 0 Å². The Morgan fingerprint density at radius 3 is 2.61 bits per heavy atom. The van der Waals surface area contributed by atoms with Gasteiger partial charge in [0.15, 0.2) is 0 Å². The van der Waals surface area contributed by atoms with Gasteiger partial charge in [-0.15, -0.1) is 0 Å². The zero-order valence-electron chi connectivity index (χ0n) is 11.4. The maximum Gasteiger partial charge on any atom is 0.239 e. The second kappa shape index (κ2) is 8.56. The molecule has 0 aliphatic heterocycles. The van der Waals surface area contributed by atoms with Crippen molar-refractivity contribution in [3.8, 4) is 0 Å². The highest BCUT2D eigenvalue weighted by atomic mass is 16.1. The van der Waals surface area contributed by atoms with Gasteiger partial charge >= 0.3 is 0 Å². The van der Waals surface area contributed by atoms with Crippen LogP contribution >= 0.6 is 0 Å². The fourth-order valence-corrected chi connectivity index (χ4v) is 1.84. The predicted molar refractivity (Wildman–Crippen MR) is 76.7 cm³/mol. The SMILES string of the molecule is CCCCCC(C)NC(=O)CNc1ccccc1. The molecule has 0 heterocycles. The Hall–Kier alpha value is -1.51. The molecule has 1 atom stereocenters.